The molecule has 2 unspecified atom stereocenters. The summed E-state index contributed by atoms with van der Waals surface area (Å²) in [5.41, 5.74) is 1.31. The molecule has 4 heteroatoms. The molecule has 0 aromatic carbocycles. The van der Waals surface area contributed by atoms with Crippen LogP contribution in [-0.2, 0) is 11.3 Å². The van der Waals surface area contributed by atoms with Crippen molar-refractivity contribution in [3.05, 3.63) is 21.9 Å². The van der Waals surface area contributed by atoms with E-state index in [0.29, 0.717) is 19.1 Å². The van der Waals surface area contributed by atoms with Crippen LogP contribution in [0.2, 0.25) is 0 Å². The van der Waals surface area contributed by atoms with Crippen molar-refractivity contribution in [3.8, 4) is 0 Å². The average molecular weight is 285 g/mol. The lowest BCUT2D eigenvalue weighted by Crippen LogP contribution is -2.31. The zero-order valence-electron chi connectivity index (χ0n) is 12.5. The molecule has 110 valence electrons. The Kier molecular flexibility index (Phi) is 7.61. The van der Waals surface area contributed by atoms with Gasteiger partial charge in [-0.2, -0.15) is 0 Å². The van der Waals surface area contributed by atoms with E-state index in [9.17, 15) is 5.11 Å². The number of rotatable bonds is 9. The lowest BCUT2D eigenvalue weighted by Gasteiger charge is -2.18. The minimum absolute atomic E-state index is 0.217. The molecule has 19 heavy (non-hydrogen) atoms. The molecule has 1 heterocycles. The molecule has 0 amide bonds. The first-order valence-corrected chi connectivity index (χ1v) is 7.90. The van der Waals surface area contributed by atoms with E-state index < -0.39 is 6.10 Å². The summed E-state index contributed by atoms with van der Waals surface area (Å²) in [6.45, 7) is 10.3. The Morgan fingerprint density at radius 2 is 2.11 bits per heavy atom. The summed E-state index contributed by atoms with van der Waals surface area (Å²) < 4.78 is 5.64. The fourth-order valence-electron chi connectivity index (χ4n) is 2.00. The van der Waals surface area contributed by atoms with Gasteiger partial charge in [-0.15, -0.1) is 11.3 Å². The van der Waals surface area contributed by atoms with E-state index in [0.717, 1.165) is 13.0 Å². The molecule has 3 nitrogen and oxygen atoms in total. The van der Waals surface area contributed by atoms with Gasteiger partial charge in [0.25, 0.3) is 0 Å². The second-order valence-corrected chi connectivity index (χ2v) is 6.59. The van der Waals surface area contributed by atoms with Crippen LogP contribution in [0.5, 0.6) is 0 Å². The van der Waals surface area contributed by atoms with Crippen molar-refractivity contribution < 1.29 is 9.84 Å². The summed E-state index contributed by atoms with van der Waals surface area (Å²) >= 11 is 1.75. The molecule has 2 N–H and O–H groups in total. The molecule has 0 saturated carbocycles. The van der Waals surface area contributed by atoms with E-state index in [4.69, 9.17) is 4.74 Å². The van der Waals surface area contributed by atoms with Crippen LogP contribution in [0.15, 0.2) is 11.4 Å². The van der Waals surface area contributed by atoms with Crippen molar-refractivity contribution >= 4 is 11.3 Å². The SMILES string of the molecule is Cc1ccsc1CNCC(O)COC(C)CC(C)C. The van der Waals surface area contributed by atoms with Crippen molar-refractivity contribution in [2.75, 3.05) is 13.2 Å². The molecule has 0 aliphatic rings. The number of ether oxygens (including phenoxy) is 1. The van der Waals surface area contributed by atoms with Crippen molar-refractivity contribution in [2.24, 2.45) is 5.92 Å². The van der Waals surface area contributed by atoms with Crippen LogP contribution < -0.4 is 5.32 Å². The molecule has 2 atom stereocenters. The molecule has 0 aliphatic carbocycles. The third kappa shape index (κ3) is 7.06. The minimum atomic E-state index is -0.435. The Morgan fingerprint density at radius 1 is 1.37 bits per heavy atom. The van der Waals surface area contributed by atoms with Crippen LogP contribution >= 0.6 is 11.3 Å². The third-order valence-electron chi connectivity index (χ3n) is 3.01. The maximum Gasteiger partial charge on any atom is 0.0897 e. The Hall–Kier alpha value is -0.420. The van der Waals surface area contributed by atoms with Gasteiger partial charge in [0, 0.05) is 18.0 Å². The van der Waals surface area contributed by atoms with E-state index in [2.05, 4.69) is 44.5 Å². The fraction of sp³-hybridized carbons (Fsp3) is 0.733. The molecular formula is C15H27NO2S. The predicted molar refractivity (Wildman–Crippen MR) is 81.6 cm³/mol. The molecule has 0 fully saturated rings. The predicted octanol–water partition coefficient (Wildman–Crippen LogP) is 2.96. The van der Waals surface area contributed by atoms with Crippen molar-refractivity contribution in [1.82, 2.24) is 5.32 Å². The highest BCUT2D eigenvalue weighted by molar-refractivity contribution is 7.10. The van der Waals surface area contributed by atoms with E-state index in [-0.39, 0.29) is 6.10 Å². The number of aliphatic hydroxyl groups excluding tert-OH is 1. The van der Waals surface area contributed by atoms with Crippen LogP contribution in [-0.4, -0.2) is 30.5 Å². The third-order valence-corrected chi connectivity index (χ3v) is 4.03. The van der Waals surface area contributed by atoms with Crippen LogP contribution in [0, 0.1) is 12.8 Å². The molecule has 1 aromatic heterocycles. The number of aryl methyl sites for hydroxylation is 1. The van der Waals surface area contributed by atoms with Crippen LogP contribution in [0.4, 0.5) is 0 Å². The van der Waals surface area contributed by atoms with Crippen molar-refractivity contribution in [3.63, 3.8) is 0 Å². The fourth-order valence-corrected chi connectivity index (χ4v) is 2.88. The van der Waals surface area contributed by atoms with Gasteiger partial charge in [-0.3, -0.25) is 0 Å². The maximum absolute atomic E-state index is 9.85. The molecule has 0 bridgehead atoms. The summed E-state index contributed by atoms with van der Waals surface area (Å²) in [6.07, 6.45) is 0.818. The Labute approximate surface area is 121 Å². The van der Waals surface area contributed by atoms with Gasteiger partial charge >= 0.3 is 0 Å². The van der Waals surface area contributed by atoms with Crippen LogP contribution in [0.25, 0.3) is 0 Å². The number of hydrogen-bond acceptors (Lipinski definition) is 4. The summed E-state index contributed by atoms with van der Waals surface area (Å²) in [6, 6.07) is 2.12. The van der Waals surface area contributed by atoms with Gasteiger partial charge in [0.1, 0.15) is 0 Å². The quantitative estimate of drug-likeness (QED) is 0.733. The van der Waals surface area contributed by atoms with Gasteiger partial charge in [-0.1, -0.05) is 13.8 Å². The second kappa shape index (κ2) is 8.69. The van der Waals surface area contributed by atoms with Crippen molar-refractivity contribution in [2.45, 2.75) is 52.9 Å². The van der Waals surface area contributed by atoms with Gasteiger partial charge < -0.3 is 15.2 Å². The zero-order chi connectivity index (χ0) is 14.3. The first-order valence-electron chi connectivity index (χ1n) is 7.02. The Morgan fingerprint density at radius 3 is 2.68 bits per heavy atom. The van der Waals surface area contributed by atoms with Gasteiger partial charge in [-0.05, 0) is 43.2 Å². The number of aliphatic hydroxyl groups is 1. The summed E-state index contributed by atoms with van der Waals surface area (Å²) in [4.78, 5) is 1.33. The van der Waals surface area contributed by atoms with Crippen LogP contribution in [0.3, 0.4) is 0 Å². The second-order valence-electron chi connectivity index (χ2n) is 5.59. The highest BCUT2D eigenvalue weighted by Crippen LogP contribution is 2.14. The number of thiophene rings is 1. The smallest absolute Gasteiger partial charge is 0.0897 e. The standard InChI is InChI=1S/C15H27NO2S/c1-11(2)7-13(4)18-10-14(17)8-16-9-15-12(3)5-6-19-15/h5-6,11,13-14,16-17H,7-10H2,1-4H3. The molecule has 1 aromatic rings. The Balaban J connectivity index is 2.11. The molecule has 0 spiro atoms. The summed E-state index contributed by atoms with van der Waals surface area (Å²) in [5, 5.41) is 15.2. The average Bonchev–Trinajstić information content (AvgIpc) is 2.72. The number of hydrogen-bond donors (Lipinski definition) is 2. The Bertz CT molecular complexity index is 352. The van der Waals surface area contributed by atoms with Crippen molar-refractivity contribution in [1.29, 1.82) is 0 Å². The van der Waals surface area contributed by atoms with Gasteiger partial charge in [0.05, 0.1) is 18.8 Å². The van der Waals surface area contributed by atoms with Gasteiger partial charge in [-0.25, -0.2) is 0 Å². The highest BCUT2D eigenvalue weighted by Gasteiger charge is 2.09. The molecule has 0 aliphatic heterocycles. The number of nitrogens with one attached hydrogen (secondary N) is 1. The minimum Gasteiger partial charge on any atom is -0.389 e. The molecule has 1 rings (SSSR count). The zero-order valence-corrected chi connectivity index (χ0v) is 13.3. The lowest BCUT2D eigenvalue weighted by atomic mass is 10.1. The van der Waals surface area contributed by atoms with Crippen LogP contribution in [0.1, 0.15) is 37.6 Å². The van der Waals surface area contributed by atoms with E-state index in [1.54, 1.807) is 11.3 Å². The molecular weight excluding hydrogens is 258 g/mol. The normalized spacial score (nSPS) is 14.8. The monoisotopic (exact) mass is 285 g/mol. The lowest BCUT2D eigenvalue weighted by molar-refractivity contribution is -0.00855. The highest BCUT2D eigenvalue weighted by atomic mass is 32.1. The maximum atomic E-state index is 9.85. The van der Waals surface area contributed by atoms with E-state index in [1.165, 1.54) is 10.4 Å². The van der Waals surface area contributed by atoms with E-state index >= 15 is 0 Å². The summed E-state index contributed by atoms with van der Waals surface area (Å²) in [7, 11) is 0. The largest absolute Gasteiger partial charge is 0.389 e. The summed E-state index contributed by atoms with van der Waals surface area (Å²) in [5.74, 6) is 0.632. The van der Waals surface area contributed by atoms with Gasteiger partial charge in [0.2, 0.25) is 0 Å². The first kappa shape index (κ1) is 16.6. The molecule has 0 saturated heterocycles. The van der Waals surface area contributed by atoms with E-state index in [1.807, 2.05) is 0 Å². The topological polar surface area (TPSA) is 41.5 Å². The first-order chi connectivity index (χ1) is 8.99. The van der Waals surface area contributed by atoms with Gasteiger partial charge in [0.15, 0.2) is 0 Å². The molecule has 0 radical (unpaired) electrons.